The van der Waals surface area contributed by atoms with Crippen LogP contribution in [0.15, 0.2) is 36.4 Å². The summed E-state index contributed by atoms with van der Waals surface area (Å²) in [6.45, 7) is 1.37. The van der Waals surface area contributed by atoms with Crippen LogP contribution in [0.2, 0.25) is 10.0 Å². The molecular formula is C18H17Cl2NO2. The van der Waals surface area contributed by atoms with E-state index in [0.29, 0.717) is 16.7 Å². The molecule has 4 rings (SSSR count). The van der Waals surface area contributed by atoms with Gasteiger partial charge in [0, 0.05) is 41.1 Å². The number of ether oxygens (including phenoxy) is 2. The summed E-state index contributed by atoms with van der Waals surface area (Å²) in [6, 6.07) is 12.3. The summed E-state index contributed by atoms with van der Waals surface area (Å²) < 4.78 is 11.5. The van der Waals surface area contributed by atoms with Crippen molar-refractivity contribution in [3.8, 4) is 11.5 Å². The zero-order valence-corrected chi connectivity index (χ0v) is 14.0. The van der Waals surface area contributed by atoms with Crippen LogP contribution in [-0.2, 0) is 0 Å². The minimum absolute atomic E-state index is 0.172. The van der Waals surface area contributed by atoms with Crippen molar-refractivity contribution < 1.29 is 9.47 Å². The van der Waals surface area contributed by atoms with Crippen LogP contribution in [0.25, 0.3) is 0 Å². The fourth-order valence-corrected chi connectivity index (χ4v) is 3.92. The van der Waals surface area contributed by atoms with E-state index in [1.807, 2.05) is 24.3 Å². The molecule has 2 heterocycles. The normalized spacial score (nSPS) is 22.5. The van der Waals surface area contributed by atoms with Crippen molar-refractivity contribution in [2.45, 2.75) is 24.9 Å². The Morgan fingerprint density at radius 3 is 2.52 bits per heavy atom. The molecule has 0 spiro atoms. The zero-order valence-electron chi connectivity index (χ0n) is 12.5. The number of rotatable bonds is 2. The lowest BCUT2D eigenvalue weighted by atomic mass is 9.95. The molecule has 0 aliphatic carbocycles. The highest BCUT2D eigenvalue weighted by Gasteiger charge is 2.29. The molecule has 1 N–H and O–H groups in total. The Hall–Kier alpha value is -1.42. The maximum atomic E-state index is 6.28. The van der Waals surface area contributed by atoms with Crippen LogP contribution in [0.1, 0.15) is 36.1 Å². The highest BCUT2D eigenvalue weighted by molar-refractivity contribution is 6.35. The second-order valence-electron chi connectivity index (χ2n) is 5.89. The predicted octanol–water partition coefficient (Wildman–Crippen LogP) is 4.93. The topological polar surface area (TPSA) is 30.5 Å². The number of benzene rings is 2. The summed E-state index contributed by atoms with van der Waals surface area (Å²) in [4.78, 5) is 0. The average Bonchev–Trinajstić information content (AvgIpc) is 2.56. The third-order valence-corrected chi connectivity index (χ3v) is 4.93. The van der Waals surface area contributed by atoms with Gasteiger partial charge in [0.25, 0.3) is 0 Å². The largest absolute Gasteiger partial charge is 0.493 e. The molecule has 120 valence electrons. The number of hydrogen-bond donors (Lipinski definition) is 1. The molecule has 0 fully saturated rings. The molecule has 2 aromatic rings. The van der Waals surface area contributed by atoms with E-state index in [9.17, 15) is 0 Å². The van der Waals surface area contributed by atoms with E-state index in [1.54, 1.807) is 6.07 Å². The van der Waals surface area contributed by atoms with E-state index in [4.69, 9.17) is 32.7 Å². The van der Waals surface area contributed by atoms with Gasteiger partial charge in [-0.3, -0.25) is 0 Å². The lowest BCUT2D eigenvalue weighted by molar-refractivity contribution is 0.214. The Morgan fingerprint density at radius 1 is 0.913 bits per heavy atom. The van der Waals surface area contributed by atoms with E-state index >= 15 is 0 Å². The Morgan fingerprint density at radius 2 is 1.65 bits per heavy atom. The minimum atomic E-state index is 0.172. The van der Waals surface area contributed by atoms with Crippen molar-refractivity contribution in [2.75, 3.05) is 13.2 Å². The first kappa shape index (κ1) is 15.1. The minimum Gasteiger partial charge on any atom is -0.493 e. The molecule has 0 aromatic heterocycles. The van der Waals surface area contributed by atoms with Gasteiger partial charge in [-0.15, -0.1) is 0 Å². The van der Waals surface area contributed by atoms with Crippen molar-refractivity contribution in [3.05, 3.63) is 57.6 Å². The van der Waals surface area contributed by atoms with Gasteiger partial charge in [-0.1, -0.05) is 41.4 Å². The van der Waals surface area contributed by atoms with Crippen LogP contribution >= 0.6 is 23.2 Å². The maximum absolute atomic E-state index is 6.28. The van der Waals surface area contributed by atoms with Gasteiger partial charge < -0.3 is 14.8 Å². The first-order chi connectivity index (χ1) is 11.2. The standard InChI is InChI=1S/C18H17Cl2NO2/c19-11-9-13-16(6-8-23-18(13)14(20)10-11)21-15-5-7-22-17-4-2-1-3-12(15)17/h1-4,9-10,15-16,21H,5-8H2/t15?,16-/m1/s1. The van der Waals surface area contributed by atoms with Crippen molar-refractivity contribution in [1.82, 2.24) is 5.32 Å². The number of nitrogens with one attached hydrogen (secondary N) is 1. The van der Waals surface area contributed by atoms with Crippen molar-refractivity contribution >= 4 is 23.2 Å². The van der Waals surface area contributed by atoms with Crippen molar-refractivity contribution in [3.63, 3.8) is 0 Å². The molecule has 0 amide bonds. The van der Waals surface area contributed by atoms with E-state index in [-0.39, 0.29) is 12.1 Å². The van der Waals surface area contributed by atoms with Gasteiger partial charge >= 0.3 is 0 Å². The van der Waals surface area contributed by atoms with Gasteiger partial charge in [0.05, 0.1) is 18.2 Å². The molecule has 23 heavy (non-hydrogen) atoms. The number of fused-ring (bicyclic) bond motifs is 2. The molecule has 0 saturated carbocycles. The average molecular weight is 350 g/mol. The van der Waals surface area contributed by atoms with Crippen LogP contribution < -0.4 is 14.8 Å². The van der Waals surface area contributed by atoms with Crippen molar-refractivity contribution in [2.24, 2.45) is 0 Å². The summed E-state index contributed by atoms with van der Waals surface area (Å²) in [5, 5.41) is 4.96. The first-order valence-corrected chi connectivity index (χ1v) is 8.57. The lowest BCUT2D eigenvalue weighted by Crippen LogP contribution is -2.33. The molecule has 5 heteroatoms. The number of halogens is 2. The number of hydrogen-bond acceptors (Lipinski definition) is 3. The van der Waals surface area contributed by atoms with E-state index < -0.39 is 0 Å². The molecule has 1 unspecified atom stereocenters. The predicted molar refractivity (Wildman–Crippen MR) is 91.7 cm³/mol. The smallest absolute Gasteiger partial charge is 0.142 e. The molecule has 0 radical (unpaired) electrons. The molecule has 0 bridgehead atoms. The summed E-state index contributed by atoms with van der Waals surface area (Å²) in [5.74, 6) is 1.72. The van der Waals surface area contributed by atoms with Gasteiger partial charge in [0.1, 0.15) is 11.5 Å². The van der Waals surface area contributed by atoms with Crippen LogP contribution in [0.5, 0.6) is 11.5 Å². The monoisotopic (exact) mass is 349 g/mol. The Bertz CT molecular complexity index is 735. The fourth-order valence-electron chi connectivity index (χ4n) is 3.36. The second-order valence-corrected chi connectivity index (χ2v) is 6.73. The maximum Gasteiger partial charge on any atom is 0.142 e. The molecule has 3 nitrogen and oxygen atoms in total. The van der Waals surface area contributed by atoms with Crippen molar-refractivity contribution in [1.29, 1.82) is 0 Å². The summed E-state index contributed by atoms with van der Waals surface area (Å²) in [7, 11) is 0. The molecule has 2 atom stereocenters. The SMILES string of the molecule is Clc1cc(Cl)c2c(c1)[C@H](NC1CCOc3ccccc31)CCO2. The third-order valence-electron chi connectivity index (χ3n) is 4.43. The first-order valence-electron chi connectivity index (χ1n) is 7.82. The Kier molecular flexibility index (Phi) is 4.10. The zero-order chi connectivity index (χ0) is 15.8. The van der Waals surface area contributed by atoms with Gasteiger partial charge in [-0.2, -0.15) is 0 Å². The quantitative estimate of drug-likeness (QED) is 0.833. The number of para-hydroxylation sites is 1. The summed E-state index contributed by atoms with van der Waals surface area (Å²) >= 11 is 12.5. The second kappa shape index (κ2) is 6.23. The van der Waals surface area contributed by atoms with Gasteiger partial charge in [-0.05, 0) is 18.2 Å². The van der Waals surface area contributed by atoms with Gasteiger partial charge in [-0.25, -0.2) is 0 Å². The van der Waals surface area contributed by atoms with Crippen LogP contribution in [0.3, 0.4) is 0 Å². The van der Waals surface area contributed by atoms with Crippen LogP contribution in [0, 0.1) is 0 Å². The highest BCUT2D eigenvalue weighted by atomic mass is 35.5. The molecule has 2 aliphatic rings. The molecule has 0 saturated heterocycles. The molecular weight excluding hydrogens is 333 g/mol. The lowest BCUT2D eigenvalue weighted by Gasteiger charge is -2.33. The fraction of sp³-hybridized carbons (Fsp3) is 0.333. The third kappa shape index (κ3) is 2.89. The highest BCUT2D eigenvalue weighted by Crippen LogP contribution is 2.42. The van der Waals surface area contributed by atoms with Gasteiger partial charge in [0.15, 0.2) is 0 Å². The Labute approximate surface area is 145 Å². The molecule has 2 aliphatic heterocycles. The van der Waals surface area contributed by atoms with E-state index in [1.165, 1.54) is 5.56 Å². The Balaban J connectivity index is 1.65. The van der Waals surface area contributed by atoms with Crippen LogP contribution in [-0.4, -0.2) is 13.2 Å². The van der Waals surface area contributed by atoms with Gasteiger partial charge in [0.2, 0.25) is 0 Å². The molecule has 2 aromatic carbocycles. The summed E-state index contributed by atoms with van der Waals surface area (Å²) in [5.41, 5.74) is 2.25. The van der Waals surface area contributed by atoms with Crippen LogP contribution in [0.4, 0.5) is 0 Å². The summed E-state index contributed by atoms with van der Waals surface area (Å²) in [6.07, 6.45) is 1.83. The van der Waals surface area contributed by atoms with E-state index in [0.717, 1.165) is 36.5 Å². The van der Waals surface area contributed by atoms with E-state index in [2.05, 4.69) is 11.4 Å².